The lowest BCUT2D eigenvalue weighted by atomic mass is 10.2. The van der Waals surface area contributed by atoms with Gasteiger partial charge in [-0.05, 0) is 43.3 Å². The highest BCUT2D eigenvalue weighted by Crippen LogP contribution is 2.23. The summed E-state index contributed by atoms with van der Waals surface area (Å²) < 4.78 is 0. The van der Waals surface area contributed by atoms with Gasteiger partial charge in [0.25, 0.3) is 5.91 Å². The molecule has 1 aromatic heterocycles. The molecular formula is C19H17ClN4O. The number of nitrogens with one attached hydrogen (secondary N) is 1. The van der Waals surface area contributed by atoms with E-state index in [9.17, 15) is 4.79 Å². The Labute approximate surface area is 151 Å². The Bertz CT molecular complexity index is 853. The maximum absolute atomic E-state index is 12.3. The maximum atomic E-state index is 12.3. The Morgan fingerprint density at radius 1 is 1.00 bits per heavy atom. The molecule has 0 saturated heterocycles. The van der Waals surface area contributed by atoms with E-state index in [0.29, 0.717) is 22.2 Å². The summed E-state index contributed by atoms with van der Waals surface area (Å²) in [5, 5.41) is 11.4. The first-order valence-electron chi connectivity index (χ1n) is 7.91. The Kier molecular flexibility index (Phi) is 5.26. The van der Waals surface area contributed by atoms with Crippen LogP contribution in [0.3, 0.4) is 0 Å². The normalized spacial score (nSPS) is 10.3. The van der Waals surface area contributed by atoms with Gasteiger partial charge in [-0.15, -0.1) is 10.2 Å². The zero-order valence-corrected chi connectivity index (χ0v) is 14.4. The van der Waals surface area contributed by atoms with Crippen LogP contribution in [0.15, 0.2) is 66.7 Å². The van der Waals surface area contributed by atoms with E-state index < -0.39 is 0 Å². The van der Waals surface area contributed by atoms with E-state index in [1.54, 1.807) is 30.3 Å². The fraction of sp³-hybridized carbons (Fsp3) is 0.105. The molecule has 3 rings (SSSR count). The van der Waals surface area contributed by atoms with E-state index >= 15 is 0 Å². The average molecular weight is 353 g/mol. The van der Waals surface area contributed by atoms with Crippen molar-refractivity contribution >= 4 is 34.8 Å². The summed E-state index contributed by atoms with van der Waals surface area (Å²) in [6.07, 6.45) is 0. The summed E-state index contributed by atoms with van der Waals surface area (Å²) in [6.45, 7) is 2.80. The van der Waals surface area contributed by atoms with Crippen LogP contribution < -0.4 is 10.2 Å². The molecule has 0 aliphatic carbocycles. The standard InChI is InChI=1S/C19H17ClN4O/c1-2-24(14-8-4-3-5-9-14)18-13-12-17(22-23-18)21-19(25)15-10-6-7-11-16(15)20/h3-13H,2H2,1H3,(H,21,22,25). The Morgan fingerprint density at radius 2 is 1.72 bits per heavy atom. The van der Waals surface area contributed by atoms with Crippen molar-refractivity contribution in [1.29, 1.82) is 0 Å². The van der Waals surface area contributed by atoms with Crippen molar-refractivity contribution in [3.8, 4) is 0 Å². The van der Waals surface area contributed by atoms with Gasteiger partial charge in [0.15, 0.2) is 11.6 Å². The number of para-hydroxylation sites is 1. The highest BCUT2D eigenvalue weighted by molar-refractivity contribution is 6.34. The van der Waals surface area contributed by atoms with Crippen LogP contribution in [0.5, 0.6) is 0 Å². The number of hydrogen-bond donors (Lipinski definition) is 1. The number of amides is 1. The minimum atomic E-state index is -0.317. The van der Waals surface area contributed by atoms with Crippen LogP contribution in [0, 0.1) is 0 Å². The van der Waals surface area contributed by atoms with Gasteiger partial charge < -0.3 is 10.2 Å². The molecule has 0 atom stereocenters. The molecule has 0 aliphatic rings. The fourth-order valence-corrected chi connectivity index (χ4v) is 2.67. The van der Waals surface area contributed by atoms with Gasteiger partial charge in [-0.25, -0.2) is 0 Å². The summed E-state index contributed by atoms with van der Waals surface area (Å²) >= 11 is 6.04. The first-order chi connectivity index (χ1) is 12.2. The fourth-order valence-electron chi connectivity index (χ4n) is 2.45. The van der Waals surface area contributed by atoms with Crippen molar-refractivity contribution in [1.82, 2.24) is 10.2 Å². The zero-order chi connectivity index (χ0) is 17.6. The van der Waals surface area contributed by atoms with Gasteiger partial charge in [-0.2, -0.15) is 0 Å². The molecule has 3 aromatic rings. The van der Waals surface area contributed by atoms with Crippen molar-refractivity contribution in [2.45, 2.75) is 6.92 Å². The molecule has 0 spiro atoms. The lowest BCUT2D eigenvalue weighted by Gasteiger charge is -2.21. The van der Waals surface area contributed by atoms with Crippen LogP contribution in [0.2, 0.25) is 5.02 Å². The highest BCUT2D eigenvalue weighted by atomic mass is 35.5. The summed E-state index contributed by atoms with van der Waals surface area (Å²) in [5.74, 6) is 0.769. The van der Waals surface area contributed by atoms with E-state index in [-0.39, 0.29) is 5.91 Å². The van der Waals surface area contributed by atoms with Gasteiger partial charge >= 0.3 is 0 Å². The quantitative estimate of drug-likeness (QED) is 0.732. The number of carbonyl (C=O) groups excluding carboxylic acids is 1. The predicted octanol–water partition coefficient (Wildman–Crippen LogP) is 4.54. The van der Waals surface area contributed by atoms with Crippen LogP contribution in [0.1, 0.15) is 17.3 Å². The second-order valence-corrected chi connectivity index (χ2v) is 5.70. The number of anilines is 3. The Balaban J connectivity index is 1.76. The number of nitrogens with zero attached hydrogens (tertiary/aromatic N) is 3. The van der Waals surface area contributed by atoms with Crippen LogP contribution in [0.4, 0.5) is 17.3 Å². The summed E-state index contributed by atoms with van der Waals surface area (Å²) in [5.41, 5.74) is 1.43. The van der Waals surface area contributed by atoms with Crippen molar-refractivity contribution in [3.05, 3.63) is 77.3 Å². The van der Waals surface area contributed by atoms with Gasteiger partial charge in [-0.1, -0.05) is 41.9 Å². The van der Waals surface area contributed by atoms with Gasteiger partial charge in [0.2, 0.25) is 0 Å². The molecule has 0 fully saturated rings. The number of benzene rings is 2. The molecule has 5 nitrogen and oxygen atoms in total. The largest absolute Gasteiger partial charge is 0.325 e. The molecule has 0 saturated carbocycles. The number of aromatic nitrogens is 2. The van der Waals surface area contributed by atoms with Crippen molar-refractivity contribution in [2.75, 3.05) is 16.8 Å². The van der Waals surface area contributed by atoms with Gasteiger partial charge in [0.05, 0.1) is 10.6 Å². The maximum Gasteiger partial charge on any atom is 0.258 e. The van der Waals surface area contributed by atoms with Crippen molar-refractivity contribution < 1.29 is 4.79 Å². The number of halogens is 1. The lowest BCUT2D eigenvalue weighted by molar-refractivity contribution is 0.102. The van der Waals surface area contributed by atoms with Gasteiger partial charge in [0, 0.05) is 12.2 Å². The molecule has 2 aromatic carbocycles. The minimum Gasteiger partial charge on any atom is -0.325 e. The van der Waals surface area contributed by atoms with Crippen molar-refractivity contribution in [2.24, 2.45) is 0 Å². The summed E-state index contributed by atoms with van der Waals surface area (Å²) in [6, 6.07) is 20.4. The third-order valence-electron chi connectivity index (χ3n) is 3.67. The SMILES string of the molecule is CCN(c1ccccc1)c1ccc(NC(=O)c2ccccc2Cl)nn1. The third-order valence-corrected chi connectivity index (χ3v) is 4.00. The smallest absolute Gasteiger partial charge is 0.258 e. The molecule has 126 valence electrons. The third kappa shape index (κ3) is 3.95. The number of carbonyl (C=O) groups is 1. The second kappa shape index (κ2) is 7.77. The zero-order valence-electron chi connectivity index (χ0n) is 13.7. The second-order valence-electron chi connectivity index (χ2n) is 5.29. The van der Waals surface area contributed by atoms with Crippen LogP contribution in [-0.2, 0) is 0 Å². The Morgan fingerprint density at radius 3 is 2.36 bits per heavy atom. The molecule has 6 heteroatoms. The molecule has 1 heterocycles. The van der Waals surface area contributed by atoms with Crippen LogP contribution >= 0.6 is 11.6 Å². The molecule has 0 radical (unpaired) electrons. The molecule has 0 aliphatic heterocycles. The minimum absolute atomic E-state index is 0.317. The highest BCUT2D eigenvalue weighted by Gasteiger charge is 2.12. The monoisotopic (exact) mass is 352 g/mol. The number of hydrogen-bond acceptors (Lipinski definition) is 4. The average Bonchev–Trinajstić information content (AvgIpc) is 2.65. The molecular weight excluding hydrogens is 336 g/mol. The van der Waals surface area contributed by atoms with E-state index in [2.05, 4.69) is 15.5 Å². The summed E-state index contributed by atoms with van der Waals surface area (Å²) in [7, 11) is 0. The molecule has 25 heavy (non-hydrogen) atoms. The first kappa shape index (κ1) is 16.9. The first-order valence-corrected chi connectivity index (χ1v) is 8.29. The lowest BCUT2D eigenvalue weighted by Crippen LogP contribution is -2.19. The summed E-state index contributed by atoms with van der Waals surface area (Å²) in [4.78, 5) is 14.3. The molecule has 1 amide bonds. The Hall–Kier alpha value is -2.92. The van der Waals surface area contributed by atoms with E-state index in [1.165, 1.54) is 0 Å². The topological polar surface area (TPSA) is 58.1 Å². The van der Waals surface area contributed by atoms with E-state index in [1.807, 2.05) is 48.2 Å². The van der Waals surface area contributed by atoms with Crippen LogP contribution in [-0.4, -0.2) is 22.6 Å². The molecule has 0 bridgehead atoms. The van der Waals surface area contributed by atoms with E-state index in [4.69, 9.17) is 11.6 Å². The van der Waals surface area contributed by atoms with Crippen molar-refractivity contribution in [3.63, 3.8) is 0 Å². The van der Waals surface area contributed by atoms with Gasteiger partial charge in [0.1, 0.15) is 0 Å². The number of rotatable bonds is 5. The van der Waals surface area contributed by atoms with Crippen LogP contribution in [0.25, 0.3) is 0 Å². The van der Waals surface area contributed by atoms with Gasteiger partial charge in [-0.3, -0.25) is 4.79 Å². The van der Waals surface area contributed by atoms with E-state index in [0.717, 1.165) is 12.2 Å². The molecule has 0 unspecified atom stereocenters. The predicted molar refractivity (Wildman–Crippen MR) is 101 cm³/mol. The molecule has 1 N–H and O–H groups in total.